The van der Waals surface area contributed by atoms with E-state index in [9.17, 15) is 14.0 Å². The molecule has 1 aliphatic heterocycles. The molecule has 102 valence electrons. The van der Waals surface area contributed by atoms with Crippen molar-refractivity contribution in [3.63, 3.8) is 0 Å². The van der Waals surface area contributed by atoms with Gasteiger partial charge >= 0.3 is 0 Å². The van der Waals surface area contributed by atoms with Gasteiger partial charge in [0.1, 0.15) is 11.9 Å². The Balaban J connectivity index is 1.94. The number of halogens is 2. The predicted molar refractivity (Wildman–Crippen MR) is 69.0 cm³/mol. The minimum absolute atomic E-state index is 0.0883. The third-order valence-electron chi connectivity index (χ3n) is 3.20. The lowest BCUT2D eigenvalue weighted by Crippen LogP contribution is -2.42. The topological polar surface area (TPSA) is 49.4 Å². The molecule has 0 aliphatic carbocycles. The van der Waals surface area contributed by atoms with Crippen LogP contribution in [-0.2, 0) is 16.1 Å². The van der Waals surface area contributed by atoms with Crippen LogP contribution in [0.5, 0.6) is 0 Å². The third-order valence-corrected chi connectivity index (χ3v) is 3.44. The molecule has 1 fully saturated rings. The first-order valence-electron chi connectivity index (χ1n) is 6.04. The molecule has 1 aliphatic rings. The Labute approximate surface area is 115 Å². The van der Waals surface area contributed by atoms with Gasteiger partial charge in [0, 0.05) is 23.7 Å². The molecule has 0 unspecified atom stereocenters. The van der Waals surface area contributed by atoms with E-state index < -0.39 is 11.9 Å². The number of carbonyl (C=O) groups is 2. The summed E-state index contributed by atoms with van der Waals surface area (Å²) in [5.41, 5.74) is 0.369. The van der Waals surface area contributed by atoms with Crippen LogP contribution < -0.4 is 5.32 Å². The third kappa shape index (κ3) is 3.23. The van der Waals surface area contributed by atoms with Crippen LogP contribution in [0.1, 0.15) is 18.4 Å². The summed E-state index contributed by atoms with van der Waals surface area (Å²) in [5, 5.41) is 2.96. The standard InChI is InChI=1S/C13H14ClFN2O2/c14-10-4-3-9(11(15)6-10)7-16-13(19)12-2-1-5-17(12)8-18/h3-4,6,8,12H,1-2,5,7H2,(H,16,19)/t12-/m0/s1. The maximum Gasteiger partial charge on any atom is 0.243 e. The molecule has 1 atom stereocenters. The van der Waals surface area contributed by atoms with Gasteiger partial charge in [-0.2, -0.15) is 0 Å². The Hall–Kier alpha value is -1.62. The molecule has 0 bridgehead atoms. The fourth-order valence-electron chi connectivity index (χ4n) is 2.16. The quantitative estimate of drug-likeness (QED) is 0.856. The molecular weight excluding hydrogens is 271 g/mol. The minimum atomic E-state index is -0.452. The Morgan fingerprint density at radius 3 is 3.05 bits per heavy atom. The zero-order valence-electron chi connectivity index (χ0n) is 10.2. The largest absolute Gasteiger partial charge is 0.350 e. The fraction of sp³-hybridized carbons (Fsp3) is 0.385. The second-order valence-corrected chi connectivity index (χ2v) is 4.89. The van der Waals surface area contributed by atoms with Crippen LogP contribution in [0, 0.1) is 5.82 Å². The lowest BCUT2D eigenvalue weighted by Gasteiger charge is -2.19. The van der Waals surface area contributed by atoms with Crippen molar-refractivity contribution in [3.05, 3.63) is 34.6 Å². The van der Waals surface area contributed by atoms with Crippen LogP contribution in [0.4, 0.5) is 4.39 Å². The van der Waals surface area contributed by atoms with Crippen molar-refractivity contribution in [1.82, 2.24) is 10.2 Å². The Kier molecular flexibility index (Phi) is 4.37. The van der Waals surface area contributed by atoms with Crippen molar-refractivity contribution in [2.24, 2.45) is 0 Å². The predicted octanol–water partition coefficient (Wildman–Crippen LogP) is 1.72. The van der Waals surface area contributed by atoms with Crippen LogP contribution in [0.2, 0.25) is 5.02 Å². The lowest BCUT2D eigenvalue weighted by atomic mass is 10.2. The normalized spacial score (nSPS) is 18.4. The first kappa shape index (κ1) is 13.8. The van der Waals surface area contributed by atoms with E-state index in [0.717, 1.165) is 6.42 Å². The highest BCUT2D eigenvalue weighted by Crippen LogP contribution is 2.17. The van der Waals surface area contributed by atoms with E-state index in [1.54, 1.807) is 6.07 Å². The summed E-state index contributed by atoms with van der Waals surface area (Å²) in [6.07, 6.45) is 2.14. The summed E-state index contributed by atoms with van der Waals surface area (Å²) in [5.74, 6) is -0.703. The van der Waals surface area contributed by atoms with E-state index >= 15 is 0 Å². The van der Waals surface area contributed by atoms with Crippen LogP contribution >= 0.6 is 11.6 Å². The van der Waals surface area contributed by atoms with E-state index in [0.29, 0.717) is 30.0 Å². The molecule has 1 aromatic rings. The second kappa shape index (κ2) is 6.02. The summed E-state index contributed by atoms with van der Waals surface area (Å²) < 4.78 is 13.5. The highest BCUT2D eigenvalue weighted by atomic mass is 35.5. The molecule has 2 rings (SSSR count). The number of amides is 2. The highest BCUT2D eigenvalue weighted by Gasteiger charge is 2.29. The molecule has 19 heavy (non-hydrogen) atoms. The van der Waals surface area contributed by atoms with E-state index in [4.69, 9.17) is 11.6 Å². The average Bonchev–Trinajstić information content (AvgIpc) is 2.85. The molecule has 0 radical (unpaired) electrons. The molecule has 0 saturated carbocycles. The fourth-order valence-corrected chi connectivity index (χ4v) is 2.32. The van der Waals surface area contributed by atoms with Gasteiger partial charge in [0.25, 0.3) is 0 Å². The van der Waals surface area contributed by atoms with Gasteiger partial charge in [-0.15, -0.1) is 0 Å². The number of hydrogen-bond acceptors (Lipinski definition) is 2. The SMILES string of the molecule is O=CN1CCC[C@H]1C(=O)NCc1ccc(Cl)cc1F. The summed E-state index contributed by atoms with van der Waals surface area (Å²) in [6.45, 7) is 0.682. The summed E-state index contributed by atoms with van der Waals surface area (Å²) >= 11 is 5.65. The summed E-state index contributed by atoms with van der Waals surface area (Å²) in [7, 11) is 0. The summed E-state index contributed by atoms with van der Waals surface area (Å²) in [6, 6.07) is 3.87. The van der Waals surface area contributed by atoms with Crippen molar-refractivity contribution in [2.75, 3.05) is 6.54 Å². The van der Waals surface area contributed by atoms with Gasteiger partial charge in [0.2, 0.25) is 12.3 Å². The number of rotatable bonds is 4. The molecule has 0 aromatic heterocycles. The molecule has 1 heterocycles. The first-order valence-corrected chi connectivity index (χ1v) is 6.42. The highest BCUT2D eigenvalue weighted by molar-refractivity contribution is 6.30. The molecule has 4 nitrogen and oxygen atoms in total. The van der Waals surface area contributed by atoms with Gasteiger partial charge in [-0.05, 0) is 25.0 Å². The minimum Gasteiger partial charge on any atom is -0.350 e. The Bertz CT molecular complexity index is 496. The Morgan fingerprint density at radius 1 is 1.58 bits per heavy atom. The Morgan fingerprint density at radius 2 is 2.37 bits per heavy atom. The summed E-state index contributed by atoms with van der Waals surface area (Å²) in [4.78, 5) is 24.1. The van der Waals surface area contributed by atoms with Crippen LogP contribution in [0.15, 0.2) is 18.2 Å². The number of nitrogens with zero attached hydrogens (tertiary/aromatic N) is 1. The van der Waals surface area contributed by atoms with Crippen LogP contribution in [0.25, 0.3) is 0 Å². The first-order chi connectivity index (χ1) is 9.11. The van der Waals surface area contributed by atoms with E-state index in [1.807, 2.05) is 0 Å². The van der Waals surface area contributed by atoms with E-state index in [-0.39, 0.29) is 12.5 Å². The van der Waals surface area contributed by atoms with Gasteiger partial charge in [-0.3, -0.25) is 9.59 Å². The molecule has 1 aromatic carbocycles. The smallest absolute Gasteiger partial charge is 0.243 e. The number of likely N-dealkylation sites (tertiary alicyclic amines) is 1. The zero-order chi connectivity index (χ0) is 13.8. The molecule has 6 heteroatoms. The van der Waals surface area contributed by atoms with E-state index in [1.165, 1.54) is 17.0 Å². The van der Waals surface area contributed by atoms with Gasteiger partial charge in [-0.1, -0.05) is 17.7 Å². The van der Waals surface area contributed by atoms with Crippen LogP contribution in [0.3, 0.4) is 0 Å². The molecule has 0 spiro atoms. The van der Waals surface area contributed by atoms with E-state index in [2.05, 4.69) is 5.32 Å². The lowest BCUT2D eigenvalue weighted by molar-refractivity contribution is -0.131. The van der Waals surface area contributed by atoms with Crippen LogP contribution in [-0.4, -0.2) is 29.8 Å². The molecule has 2 amide bonds. The van der Waals surface area contributed by atoms with Crippen molar-refractivity contribution < 1.29 is 14.0 Å². The maximum atomic E-state index is 13.5. The number of benzene rings is 1. The number of hydrogen-bond donors (Lipinski definition) is 1. The van der Waals surface area contributed by atoms with Gasteiger partial charge in [0.05, 0.1) is 0 Å². The van der Waals surface area contributed by atoms with Crippen molar-refractivity contribution in [2.45, 2.75) is 25.4 Å². The number of nitrogens with one attached hydrogen (secondary N) is 1. The second-order valence-electron chi connectivity index (χ2n) is 4.45. The molecular formula is C13H14ClFN2O2. The monoisotopic (exact) mass is 284 g/mol. The molecule has 1 saturated heterocycles. The zero-order valence-corrected chi connectivity index (χ0v) is 11.0. The van der Waals surface area contributed by atoms with Crippen molar-refractivity contribution >= 4 is 23.9 Å². The average molecular weight is 285 g/mol. The number of carbonyl (C=O) groups excluding carboxylic acids is 2. The maximum absolute atomic E-state index is 13.5. The van der Waals surface area contributed by atoms with Gasteiger partial charge in [-0.25, -0.2) is 4.39 Å². The van der Waals surface area contributed by atoms with Gasteiger partial charge < -0.3 is 10.2 Å². The molecule has 1 N–H and O–H groups in total. The van der Waals surface area contributed by atoms with Crippen molar-refractivity contribution in [1.29, 1.82) is 0 Å². The van der Waals surface area contributed by atoms with Crippen molar-refractivity contribution in [3.8, 4) is 0 Å². The van der Waals surface area contributed by atoms with Gasteiger partial charge in [0.15, 0.2) is 0 Å².